The van der Waals surface area contributed by atoms with E-state index in [1.165, 1.54) is 12.0 Å². The van der Waals surface area contributed by atoms with E-state index in [1.807, 2.05) is 0 Å². The lowest BCUT2D eigenvalue weighted by Gasteiger charge is -2.35. The van der Waals surface area contributed by atoms with Crippen LogP contribution in [0.1, 0.15) is 18.9 Å². The summed E-state index contributed by atoms with van der Waals surface area (Å²) in [4.78, 5) is 30.1. The number of aromatic nitrogens is 1. The SMILES string of the molecule is COc1ncccc1CNC(=O)C(=O)N1CCOC[C@H]1C[C@H](C)O. The van der Waals surface area contributed by atoms with Gasteiger partial charge in [-0.2, -0.15) is 0 Å². The third-order valence-corrected chi connectivity index (χ3v) is 3.78. The molecular weight excluding hydrogens is 314 g/mol. The first-order valence-corrected chi connectivity index (χ1v) is 7.85. The number of aliphatic hydroxyl groups is 1. The molecule has 1 aromatic heterocycles. The van der Waals surface area contributed by atoms with E-state index in [0.29, 0.717) is 37.6 Å². The molecule has 0 unspecified atom stereocenters. The van der Waals surface area contributed by atoms with Crippen LogP contribution in [0, 0.1) is 0 Å². The molecule has 0 radical (unpaired) electrons. The molecule has 1 aliphatic heterocycles. The van der Waals surface area contributed by atoms with Gasteiger partial charge in [0.1, 0.15) is 0 Å². The van der Waals surface area contributed by atoms with Crippen LogP contribution in [-0.4, -0.2) is 65.8 Å². The Kier molecular flexibility index (Phi) is 6.51. The standard InChI is InChI=1S/C16H23N3O5/c1-11(20)8-13-10-24-7-6-19(13)16(22)14(21)18-9-12-4-3-5-17-15(12)23-2/h3-5,11,13,20H,6-10H2,1-2H3,(H,18,21)/t11-,13+/m0/s1. The predicted octanol–water partition coefficient (Wildman–Crippen LogP) is -0.295. The smallest absolute Gasteiger partial charge is 0.312 e. The number of aliphatic hydroxyl groups excluding tert-OH is 1. The van der Waals surface area contributed by atoms with Gasteiger partial charge in [-0.1, -0.05) is 6.07 Å². The Hall–Kier alpha value is -2.19. The van der Waals surface area contributed by atoms with Crippen molar-refractivity contribution in [1.82, 2.24) is 15.2 Å². The van der Waals surface area contributed by atoms with Gasteiger partial charge >= 0.3 is 11.8 Å². The van der Waals surface area contributed by atoms with Crippen LogP contribution >= 0.6 is 0 Å². The van der Waals surface area contributed by atoms with Gasteiger partial charge in [0.15, 0.2) is 0 Å². The number of morpholine rings is 1. The molecule has 8 nitrogen and oxygen atoms in total. The Morgan fingerprint density at radius 2 is 2.38 bits per heavy atom. The van der Waals surface area contributed by atoms with E-state index >= 15 is 0 Å². The van der Waals surface area contributed by atoms with Crippen molar-refractivity contribution < 1.29 is 24.2 Å². The van der Waals surface area contributed by atoms with Crippen LogP contribution in [0.25, 0.3) is 0 Å². The zero-order chi connectivity index (χ0) is 17.5. The second-order valence-electron chi connectivity index (χ2n) is 5.67. The average Bonchev–Trinajstić information content (AvgIpc) is 2.59. The van der Waals surface area contributed by atoms with Gasteiger partial charge < -0.3 is 24.8 Å². The maximum atomic E-state index is 12.4. The fourth-order valence-electron chi connectivity index (χ4n) is 2.64. The van der Waals surface area contributed by atoms with Crippen molar-refractivity contribution in [1.29, 1.82) is 0 Å². The van der Waals surface area contributed by atoms with Crippen LogP contribution in [-0.2, 0) is 20.9 Å². The minimum absolute atomic E-state index is 0.146. The van der Waals surface area contributed by atoms with Gasteiger partial charge in [-0.15, -0.1) is 0 Å². The average molecular weight is 337 g/mol. The largest absolute Gasteiger partial charge is 0.481 e. The summed E-state index contributed by atoms with van der Waals surface area (Å²) in [5.41, 5.74) is 0.684. The lowest BCUT2D eigenvalue weighted by molar-refractivity contribution is -0.152. The number of carbonyl (C=O) groups excluding carboxylic acids is 2. The topological polar surface area (TPSA) is 101 Å². The third kappa shape index (κ3) is 4.65. The molecule has 8 heteroatoms. The first-order chi connectivity index (χ1) is 11.5. The molecule has 0 saturated carbocycles. The number of hydrogen-bond acceptors (Lipinski definition) is 6. The van der Waals surface area contributed by atoms with Crippen molar-refractivity contribution in [2.75, 3.05) is 26.9 Å². The normalized spacial score (nSPS) is 18.8. The van der Waals surface area contributed by atoms with Crippen LogP contribution < -0.4 is 10.1 Å². The third-order valence-electron chi connectivity index (χ3n) is 3.78. The molecule has 2 heterocycles. The Balaban J connectivity index is 1.96. The molecule has 0 aromatic carbocycles. The van der Waals surface area contributed by atoms with E-state index in [9.17, 15) is 14.7 Å². The number of ether oxygens (including phenoxy) is 2. The minimum atomic E-state index is -0.696. The molecule has 2 amide bonds. The summed E-state index contributed by atoms with van der Waals surface area (Å²) in [7, 11) is 1.49. The summed E-state index contributed by atoms with van der Waals surface area (Å²) >= 11 is 0. The van der Waals surface area contributed by atoms with Crippen molar-refractivity contribution in [2.45, 2.75) is 32.0 Å². The number of pyridine rings is 1. The summed E-state index contributed by atoms with van der Waals surface area (Å²) in [6.45, 7) is 2.82. The predicted molar refractivity (Wildman–Crippen MR) is 85.3 cm³/mol. The van der Waals surface area contributed by atoms with Crippen LogP contribution in [0.4, 0.5) is 0 Å². The lowest BCUT2D eigenvalue weighted by Crippen LogP contribution is -2.54. The van der Waals surface area contributed by atoms with Crippen molar-refractivity contribution in [3.63, 3.8) is 0 Å². The van der Waals surface area contributed by atoms with Gasteiger partial charge in [-0.3, -0.25) is 9.59 Å². The van der Waals surface area contributed by atoms with Crippen LogP contribution in [0.3, 0.4) is 0 Å². The Bertz CT molecular complexity index is 579. The van der Waals surface area contributed by atoms with Gasteiger partial charge in [0, 0.05) is 24.8 Å². The Morgan fingerprint density at radius 3 is 3.08 bits per heavy atom. The molecule has 2 atom stereocenters. The fraction of sp³-hybridized carbons (Fsp3) is 0.562. The van der Waals surface area contributed by atoms with E-state index in [0.717, 1.165) is 0 Å². The zero-order valence-corrected chi connectivity index (χ0v) is 13.9. The zero-order valence-electron chi connectivity index (χ0n) is 13.9. The summed E-state index contributed by atoms with van der Waals surface area (Å²) in [5, 5.41) is 12.1. The lowest BCUT2D eigenvalue weighted by atomic mass is 10.1. The molecule has 1 aliphatic rings. The first-order valence-electron chi connectivity index (χ1n) is 7.85. The molecule has 1 aromatic rings. The number of carbonyl (C=O) groups is 2. The van der Waals surface area contributed by atoms with Gasteiger partial charge in [0.05, 0.1) is 32.5 Å². The monoisotopic (exact) mass is 337 g/mol. The molecule has 1 fully saturated rings. The highest BCUT2D eigenvalue weighted by Gasteiger charge is 2.31. The summed E-state index contributed by atoms with van der Waals surface area (Å²) in [6.07, 6.45) is 1.38. The van der Waals surface area contributed by atoms with Crippen LogP contribution in [0.15, 0.2) is 18.3 Å². The van der Waals surface area contributed by atoms with Crippen molar-refractivity contribution in [3.8, 4) is 5.88 Å². The maximum absolute atomic E-state index is 12.4. The van der Waals surface area contributed by atoms with Gasteiger partial charge in [0.25, 0.3) is 0 Å². The van der Waals surface area contributed by atoms with Gasteiger partial charge in [-0.25, -0.2) is 4.98 Å². The first kappa shape index (κ1) is 18.2. The van der Waals surface area contributed by atoms with Crippen molar-refractivity contribution >= 4 is 11.8 Å². The number of nitrogens with zero attached hydrogens (tertiary/aromatic N) is 2. The molecule has 0 spiro atoms. The summed E-state index contributed by atoms with van der Waals surface area (Å²) in [5.74, 6) is -0.909. The highest BCUT2D eigenvalue weighted by Crippen LogP contribution is 2.15. The Labute approximate surface area is 140 Å². The second kappa shape index (κ2) is 8.60. The number of nitrogens with one attached hydrogen (secondary N) is 1. The molecule has 2 N–H and O–H groups in total. The van der Waals surface area contributed by atoms with E-state index in [1.54, 1.807) is 25.3 Å². The molecule has 1 saturated heterocycles. The number of hydrogen-bond donors (Lipinski definition) is 2. The number of rotatable bonds is 5. The second-order valence-corrected chi connectivity index (χ2v) is 5.67. The van der Waals surface area contributed by atoms with Crippen LogP contribution in [0.2, 0.25) is 0 Å². The highest BCUT2D eigenvalue weighted by atomic mass is 16.5. The van der Waals surface area contributed by atoms with E-state index in [-0.39, 0.29) is 12.6 Å². The Morgan fingerprint density at radius 1 is 1.58 bits per heavy atom. The molecular formula is C16H23N3O5. The summed E-state index contributed by atoms with van der Waals surface area (Å²) in [6, 6.07) is 3.19. The minimum Gasteiger partial charge on any atom is -0.481 e. The maximum Gasteiger partial charge on any atom is 0.312 e. The van der Waals surface area contributed by atoms with E-state index in [2.05, 4.69) is 10.3 Å². The quantitative estimate of drug-likeness (QED) is 0.716. The molecule has 2 rings (SSSR count). The molecule has 24 heavy (non-hydrogen) atoms. The number of methoxy groups -OCH3 is 1. The van der Waals surface area contributed by atoms with Crippen molar-refractivity contribution in [3.05, 3.63) is 23.9 Å². The molecule has 0 bridgehead atoms. The summed E-state index contributed by atoms with van der Waals surface area (Å²) < 4.78 is 10.5. The van der Waals surface area contributed by atoms with E-state index < -0.39 is 17.9 Å². The highest BCUT2D eigenvalue weighted by molar-refractivity contribution is 6.35. The van der Waals surface area contributed by atoms with E-state index in [4.69, 9.17) is 9.47 Å². The number of amides is 2. The van der Waals surface area contributed by atoms with Crippen molar-refractivity contribution in [2.24, 2.45) is 0 Å². The molecule has 0 aliphatic carbocycles. The van der Waals surface area contributed by atoms with Crippen LogP contribution in [0.5, 0.6) is 5.88 Å². The van der Waals surface area contributed by atoms with Gasteiger partial charge in [0.2, 0.25) is 5.88 Å². The van der Waals surface area contributed by atoms with Gasteiger partial charge in [-0.05, 0) is 19.4 Å². The molecule has 132 valence electrons. The fourth-order valence-corrected chi connectivity index (χ4v) is 2.64.